The van der Waals surface area contributed by atoms with Crippen molar-refractivity contribution in [3.63, 3.8) is 0 Å². The fraction of sp³-hybridized carbons (Fsp3) is 0.357. The lowest BCUT2D eigenvalue weighted by Gasteiger charge is -2.25. The molecule has 5 nitrogen and oxygen atoms in total. The number of carbonyl (C=O) groups excluding carboxylic acids is 3. The van der Waals surface area contributed by atoms with Crippen LogP contribution in [0.1, 0.15) is 11.1 Å². The summed E-state index contributed by atoms with van der Waals surface area (Å²) < 4.78 is 0. The first kappa shape index (κ1) is 14.6. The molecule has 1 N–H and O–H groups in total. The van der Waals surface area contributed by atoms with Crippen LogP contribution in [-0.4, -0.2) is 41.5 Å². The predicted molar refractivity (Wildman–Crippen MR) is 77.1 cm³/mol. The highest BCUT2D eigenvalue weighted by atomic mass is 32.2. The predicted octanol–water partition coefficient (Wildman–Crippen LogP) is 0.713. The van der Waals surface area contributed by atoms with Gasteiger partial charge in [-0.15, -0.1) is 11.8 Å². The zero-order chi connectivity index (χ0) is 14.5. The molecular weight excluding hydrogens is 276 g/mol. The van der Waals surface area contributed by atoms with Gasteiger partial charge in [0.05, 0.1) is 5.75 Å². The second kappa shape index (κ2) is 6.56. The number of rotatable bonds is 4. The molecule has 0 aromatic heterocycles. The van der Waals surface area contributed by atoms with Gasteiger partial charge < -0.3 is 4.90 Å². The summed E-state index contributed by atoms with van der Waals surface area (Å²) in [6.07, 6.45) is 0. The van der Waals surface area contributed by atoms with Crippen LogP contribution in [0.3, 0.4) is 0 Å². The molecule has 1 heterocycles. The number of hydrogen-bond acceptors (Lipinski definition) is 4. The zero-order valence-electron chi connectivity index (χ0n) is 11.2. The maximum absolute atomic E-state index is 11.9. The highest BCUT2D eigenvalue weighted by Gasteiger charge is 2.25. The van der Waals surface area contributed by atoms with Crippen molar-refractivity contribution in [2.75, 3.05) is 18.8 Å². The van der Waals surface area contributed by atoms with Crippen LogP contribution in [-0.2, 0) is 20.1 Å². The summed E-state index contributed by atoms with van der Waals surface area (Å²) in [5.74, 6) is -0.00405. The summed E-state index contributed by atoms with van der Waals surface area (Å²) in [5, 5.41) is 2.17. The Bertz CT molecular complexity index is 512. The van der Waals surface area contributed by atoms with E-state index in [0.717, 1.165) is 11.3 Å². The molecule has 0 spiro atoms. The summed E-state index contributed by atoms with van der Waals surface area (Å²) in [7, 11) is 0. The van der Waals surface area contributed by atoms with Crippen molar-refractivity contribution in [3.05, 3.63) is 35.4 Å². The molecule has 1 fully saturated rings. The van der Waals surface area contributed by atoms with E-state index < -0.39 is 11.8 Å². The molecule has 0 bridgehead atoms. The second-order valence-electron chi connectivity index (χ2n) is 4.70. The van der Waals surface area contributed by atoms with Gasteiger partial charge >= 0.3 is 0 Å². The van der Waals surface area contributed by atoms with Gasteiger partial charge in [0.15, 0.2) is 0 Å². The van der Waals surface area contributed by atoms with Crippen molar-refractivity contribution in [1.29, 1.82) is 0 Å². The first-order valence-electron chi connectivity index (χ1n) is 6.28. The fourth-order valence-electron chi connectivity index (χ4n) is 1.85. The summed E-state index contributed by atoms with van der Waals surface area (Å²) in [5.41, 5.74) is 2.36. The smallest absolute Gasteiger partial charge is 0.246 e. The molecule has 1 aliphatic heterocycles. The fourth-order valence-corrected chi connectivity index (χ4v) is 2.73. The van der Waals surface area contributed by atoms with E-state index in [1.165, 1.54) is 22.2 Å². The minimum absolute atomic E-state index is 0.0321. The Hall–Kier alpha value is -1.82. The topological polar surface area (TPSA) is 66.5 Å². The molecule has 6 heteroatoms. The van der Waals surface area contributed by atoms with Gasteiger partial charge in [-0.05, 0) is 12.5 Å². The first-order valence-corrected chi connectivity index (χ1v) is 7.44. The lowest BCUT2D eigenvalue weighted by molar-refractivity contribution is -0.144. The normalized spacial score (nSPS) is 15.2. The molecule has 3 amide bonds. The molecule has 0 unspecified atom stereocenters. The third-order valence-corrected chi connectivity index (χ3v) is 3.90. The van der Waals surface area contributed by atoms with Gasteiger partial charge in [-0.1, -0.05) is 29.8 Å². The number of nitrogens with zero attached hydrogens (tertiary/aromatic N) is 1. The Labute approximate surface area is 121 Å². The molecule has 106 valence electrons. The molecule has 0 saturated carbocycles. The third-order valence-electron chi connectivity index (χ3n) is 2.92. The van der Waals surface area contributed by atoms with Crippen molar-refractivity contribution in [1.82, 2.24) is 10.2 Å². The minimum Gasteiger partial charge on any atom is -0.323 e. The summed E-state index contributed by atoms with van der Waals surface area (Å²) in [6.45, 7) is 1.96. The maximum Gasteiger partial charge on any atom is 0.246 e. The summed E-state index contributed by atoms with van der Waals surface area (Å²) >= 11 is 1.48. The molecule has 1 aliphatic rings. The molecule has 2 rings (SSSR count). The lowest BCUT2D eigenvalue weighted by atomic mass is 10.2. The van der Waals surface area contributed by atoms with Crippen LogP contribution in [0.2, 0.25) is 0 Å². The van der Waals surface area contributed by atoms with Crippen LogP contribution in [0, 0.1) is 6.92 Å². The first-order chi connectivity index (χ1) is 9.54. The number of hydrogen-bond donors (Lipinski definition) is 1. The van der Waals surface area contributed by atoms with Crippen LogP contribution < -0.4 is 5.32 Å². The van der Waals surface area contributed by atoms with E-state index in [2.05, 4.69) is 5.32 Å². The van der Waals surface area contributed by atoms with Crippen LogP contribution in [0.4, 0.5) is 0 Å². The van der Waals surface area contributed by atoms with Gasteiger partial charge in [0, 0.05) is 5.75 Å². The van der Waals surface area contributed by atoms with Crippen LogP contribution >= 0.6 is 11.8 Å². The molecule has 1 aromatic carbocycles. The Balaban J connectivity index is 1.78. The molecule has 1 aromatic rings. The quantitative estimate of drug-likeness (QED) is 0.830. The van der Waals surface area contributed by atoms with Crippen molar-refractivity contribution >= 4 is 29.5 Å². The van der Waals surface area contributed by atoms with Crippen LogP contribution in [0.5, 0.6) is 0 Å². The van der Waals surface area contributed by atoms with Crippen molar-refractivity contribution in [2.45, 2.75) is 12.7 Å². The van der Waals surface area contributed by atoms with E-state index >= 15 is 0 Å². The minimum atomic E-state index is -0.418. The molecular formula is C14H16N2O3S. The number of nitrogens with one attached hydrogen (secondary N) is 1. The van der Waals surface area contributed by atoms with Crippen LogP contribution in [0.15, 0.2) is 24.3 Å². The van der Waals surface area contributed by atoms with Gasteiger partial charge in [-0.3, -0.25) is 19.7 Å². The Morgan fingerprint density at radius 1 is 1.20 bits per heavy atom. The number of benzene rings is 1. The number of aryl methyl sites for hydroxylation is 1. The Kier molecular flexibility index (Phi) is 4.79. The Morgan fingerprint density at radius 2 is 1.80 bits per heavy atom. The van der Waals surface area contributed by atoms with Crippen LogP contribution in [0.25, 0.3) is 0 Å². The lowest BCUT2D eigenvalue weighted by Crippen LogP contribution is -2.53. The number of carbonyl (C=O) groups is 3. The molecule has 0 radical (unpaired) electrons. The number of amides is 3. The SMILES string of the molecule is Cc1ccc(CSCC(=O)N2CC(=O)NC(=O)C2)cc1. The number of thioether (sulfide) groups is 1. The zero-order valence-corrected chi connectivity index (χ0v) is 12.0. The van der Waals surface area contributed by atoms with E-state index in [0.29, 0.717) is 0 Å². The van der Waals surface area contributed by atoms with E-state index in [1.807, 2.05) is 31.2 Å². The van der Waals surface area contributed by atoms with Crippen molar-refractivity contribution < 1.29 is 14.4 Å². The Morgan fingerprint density at radius 3 is 2.40 bits per heavy atom. The maximum atomic E-state index is 11.9. The average molecular weight is 292 g/mol. The molecule has 0 aliphatic carbocycles. The molecule has 0 atom stereocenters. The van der Waals surface area contributed by atoms with Gasteiger partial charge in [0.25, 0.3) is 0 Å². The average Bonchev–Trinajstić information content (AvgIpc) is 2.40. The van der Waals surface area contributed by atoms with Crippen molar-refractivity contribution in [2.24, 2.45) is 0 Å². The molecule has 1 saturated heterocycles. The standard InChI is InChI=1S/C14H16N2O3S/c1-10-2-4-11(5-3-10)8-20-9-14(19)16-6-12(17)15-13(18)7-16/h2-5H,6-9H2,1H3,(H,15,17,18). The van der Waals surface area contributed by atoms with Gasteiger partial charge in [-0.2, -0.15) is 0 Å². The summed E-state index contributed by atoms with van der Waals surface area (Å²) in [6, 6.07) is 8.13. The van der Waals surface area contributed by atoms with Gasteiger partial charge in [0.2, 0.25) is 17.7 Å². The number of piperazine rings is 1. The van der Waals surface area contributed by atoms with E-state index in [-0.39, 0.29) is 24.7 Å². The van der Waals surface area contributed by atoms with Crippen molar-refractivity contribution in [3.8, 4) is 0 Å². The van der Waals surface area contributed by atoms with Gasteiger partial charge in [0.1, 0.15) is 13.1 Å². The monoisotopic (exact) mass is 292 g/mol. The van der Waals surface area contributed by atoms with E-state index in [4.69, 9.17) is 0 Å². The highest BCUT2D eigenvalue weighted by molar-refractivity contribution is 7.99. The van der Waals surface area contributed by atoms with Gasteiger partial charge in [-0.25, -0.2) is 0 Å². The van der Waals surface area contributed by atoms with E-state index in [1.54, 1.807) is 0 Å². The summed E-state index contributed by atoms with van der Waals surface area (Å²) in [4.78, 5) is 35.6. The second-order valence-corrected chi connectivity index (χ2v) is 5.69. The van der Waals surface area contributed by atoms with E-state index in [9.17, 15) is 14.4 Å². The largest absolute Gasteiger partial charge is 0.323 e. The number of imide groups is 1. The molecule has 20 heavy (non-hydrogen) atoms. The third kappa shape index (κ3) is 4.09. The highest BCUT2D eigenvalue weighted by Crippen LogP contribution is 2.14.